The fraction of sp³-hybridized carbons (Fsp3) is 0.417. The lowest BCUT2D eigenvalue weighted by Crippen LogP contribution is -2.31. The maximum atomic E-state index is 4.68. The lowest BCUT2D eigenvalue weighted by atomic mass is 10.1. The van der Waals surface area contributed by atoms with Gasteiger partial charge in [-0.15, -0.1) is 0 Å². The Balaban J connectivity index is 2.42. The van der Waals surface area contributed by atoms with Crippen LogP contribution in [-0.4, -0.2) is 17.3 Å². The molecule has 1 aliphatic heterocycles. The van der Waals surface area contributed by atoms with Gasteiger partial charge in [0.15, 0.2) is 0 Å². The van der Waals surface area contributed by atoms with Crippen molar-refractivity contribution in [3.05, 3.63) is 28.2 Å². The van der Waals surface area contributed by atoms with Gasteiger partial charge in [-0.25, -0.2) is 4.99 Å². The average molecular weight is 267 g/mol. The van der Waals surface area contributed by atoms with E-state index in [1.54, 1.807) is 0 Å². The molecule has 0 amide bonds. The van der Waals surface area contributed by atoms with Gasteiger partial charge >= 0.3 is 0 Å². The van der Waals surface area contributed by atoms with Crippen LogP contribution in [0.3, 0.4) is 0 Å². The van der Waals surface area contributed by atoms with Crippen molar-refractivity contribution in [2.75, 3.05) is 6.54 Å². The Bertz CT molecular complexity index is 399. The van der Waals surface area contributed by atoms with Gasteiger partial charge in [0.1, 0.15) is 5.84 Å². The molecule has 15 heavy (non-hydrogen) atoms. The fourth-order valence-corrected chi connectivity index (χ4v) is 2.30. The lowest BCUT2D eigenvalue weighted by molar-refractivity contribution is 0.421. The highest BCUT2D eigenvalue weighted by atomic mass is 79.9. The molecule has 0 aliphatic carbocycles. The summed E-state index contributed by atoms with van der Waals surface area (Å²) in [7, 11) is 0. The molecule has 0 unspecified atom stereocenters. The van der Waals surface area contributed by atoms with E-state index in [0.717, 1.165) is 29.7 Å². The number of fused-ring (bicyclic) bond motifs is 1. The highest BCUT2D eigenvalue weighted by Gasteiger charge is 2.16. The molecule has 0 bridgehead atoms. The molecule has 0 N–H and O–H groups in total. The second kappa shape index (κ2) is 4.35. The number of benzene rings is 1. The van der Waals surface area contributed by atoms with E-state index in [9.17, 15) is 0 Å². The van der Waals surface area contributed by atoms with E-state index in [2.05, 4.69) is 57.9 Å². The molecule has 80 valence electrons. The van der Waals surface area contributed by atoms with Crippen LogP contribution in [0.2, 0.25) is 0 Å². The van der Waals surface area contributed by atoms with Crippen molar-refractivity contribution in [2.45, 2.75) is 26.8 Å². The Kier molecular flexibility index (Phi) is 3.10. The summed E-state index contributed by atoms with van der Waals surface area (Å²) in [5.74, 6) is 1.20. The molecule has 1 aromatic rings. The quantitative estimate of drug-likeness (QED) is 0.797. The monoisotopic (exact) mass is 266 g/mol. The number of hydrogen-bond donors (Lipinski definition) is 0. The molecule has 2 nitrogen and oxygen atoms in total. The zero-order valence-electron chi connectivity index (χ0n) is 9.13. The van der Waals surface area contributed by atoms with E-state index in [0.29, 0.717) is 0 Å². The Hall–Kier alpha value is -0.830. The number of amidine groups is 1. The van der Waals surface area contributed by atoms with Crippen molar-refractivity contribution in [3.8, 4) is 0 Å². The minimum Gasteiger partial charge on any atom is -0.356 e. The van der Waals surface area contributed by atoms with E-state index in [1.165, 1.54) is 11.4 Å². The predicted octanol–water partition coefficient (Wildman–Crippen LogP) is 3.72. The fourth-order valence-electron chi connectivity index (χ4n) is 1.89. The Labute approximate surface area is 99.1 Å². The topological polar surface area (TPSA) is 15.6 Å². The van der Waals surface area contributed by atoms with Gasteiger partial charge in [-0.2, -0.15) is 0 Å². The summed E-state index contributed by atoms with van der Waals surface area (Å²) in [6.07, 6.45) is 1.00. The van der Waals surface area contributed by atoms with Crippen molar-refractivity contribution >= 4 is 27.5 Å². The molecule has 1 aromatic carbocycles. The first-order valence-corrected chi connectivity index (χ1v) is 6.14. The zero-order valence-corrected chi connectivity index (χ0v) is 10.7. The molecular formula is C12H15BrN2. The van der Waals surface area contributed by atoms with Gasteiger partial charge in [-0.05, 0) is 30.7 Å². The SMILES string of the molecule is CCC1=Nc2ccc(Br)cc2CN1CC. The molecule has 0 fully saturated rings. The van der Waals surface area contributed by atoms with Crippen LogP contribution in [0, 0.1) is 0 Å². The summed E-state index contributed by atoms with van der Waals surface area (Å²) in [4.78, 5) is 7.01. The zero-order chi connectivity index (χ0) is 10.8. The van der Waals surface area contributed by atoms with Crippen LogP contribution in [0.4, 0.5) is 5.69 Å². The normalized spacial score (nSPS) is 14.9. The number of hydrogen-bond acceptors (Lipinski definition) is 2. The van der Waals surface area contributed by atoms with Gasteiger partial charge in [0.25, 0.3) is 0 Å². The number of aliphatic imine (C=N–C) groups is 1. The van der Waals surface area contributed by atoms with E-state index < -0.39 is 0 Å². The number of nitrogens with zero attached hydrogens (tertiary/aromatic N) is 2. The van der Waals surface area contributed by atoms with Gasteiger partial charge in [0.05, 0.1) is 5.69 Å². The molecule has 1 aliphatic rings. The molecular weight excluding hydrogens is 252 g/mol. The van der Waals surface area contributed by atoms with Gasteiger partial charge in [0.2, 0.25) is 0 Å². The second-order valence-electron chi connectivity index (χ2n) is 3.67. The minimum absolute atomic E-state index is 0.984. The van der Waals surface area contributed by atoms with Crippen LogP contribution in [0.5, 0.6) is 0 Å². The van der Waals surface area contributed by atoms with Crippen LogP contribution in [0.1, 0.15) is 25.8 Å². The van der Waals surface area contributed by atoms with Gasteiger partial charge in [-0.3, -0.25) is 0 Å². The molecule has 0 atom stereocenters. The summed E-state index contributed by atoms with van der Waals surface area (Å²) in [6.45, 7) is 6.34. The van der Waals surface area contributed by atoms with E-state index in [-0.39, 0.29) is 0 Å². The first-order chi connectivity index (χ1) is 7.24. The summed E-state index contributed by atoms with van der Waals surface area (Å²) < 4.78 is 1.13. The molecule has 1 heterocycles. The molecule has 0 saturated heterocycles. The van der Waals surface area contributed by atoms with Crippen molar-refractivity contribution in [2.24, 2.45) is 4.99 Å². The maximum absolute atomic E-state index is 4.68. The van der Waals surface area contributed by atoms with Gasteiger partial charge < -0.3 is 4.90 Å². The molecule has 0 saturated carbocycles. The third kappa shape index (κ3) is 2.07. The third-order valence-electron chi connectivity index (χ3n) is 2.72. The average Bonchev–Trinajstić information content (AvgIpc) is 2.27. The van der Waals surface area contributed by atoms with E-state index in [4.69, 9.17) is 0 Å². The van der Waals surface area contributed by atoms with Gasteiger partial charge in [0, 0.05) is 24.0 Å². The van der Waals surface area contributed by atoms with Crippen LogP contribution < -0.4 is 0 Å². The molecule has 2 rings (SSSR count). The van der Waals surface area contributed by atoms with Crippen LogP contribution in [0.25, 0.3) is 0 Å². The van der Waals surface area contributed by atoms with Crippen molar-refractivity contribution in [1.29, 1.82) is 0 Å². The minimum atomic E-state index is 0.984. The largest absolute Gasteiger partial charge is 0.356 e. The van der Waals surface area contributed by atoms with Crippen LogP contribution in [-0.2, 0) is 6.54 Å². The highest BCUT2D eigenvalue weighted by molar-refractivity contribution is 9.10. The Morgan fingerprint density at radius 1 is 1.40 bits per heavy atom. The highest BCUT2D eigenvalue weighted by Crippen LogP contribution is 2.29. The van der Waals surface area contributed by atoms with Crippen LogP contribution >= 0.6 is 15.9 Å². The summed E-state index contributed by atoms with van der Waals surface area (Å²) in [5.41, 5.74) is 2.43. The van der Waals surface area contributed by atoms with Crippen LogP contribution in [0.15, 0.2) is 27.7 Å². The third-order valence-corrected chi connectivity index (χ3v) is 3.21. The smallest absolute Gasteiger partial charge is 0.105 e. The molecule has 0 aromatic heterocycles. The van der Waals surface area contributed by atoms with Gasteiger partial charge in [-0.1, -0.05) is 22.9 Å². The summed E-state index contributed by atoms with van der Waals surface area (Å²) in [6, 6.07) is 6.30. The van der Waals surface area contributed by atoms with Crippen molar-refractivity contribution in [1.82, 2.24) is 4.90 Å². The summed E-state index contributed by atoms with van der Waals surface area (Å²) in [5, 5.41) is 0. The van der Waals surface area contributed by atoms with Crippen molar-refractivity contribution in [3.63, 3.8) is 0 Å². The van der Waals surface area contributed by atoms with E-state index >= 15 is 0 Å². The standard InChI is InChI=1S/C12H15BrN2/c1-3-12-14-11-6-5-10(13)7-9(11)8-15(12)4-2/h5-7H,3-4,8H2,1-2H3. The predicted molar refractivity (Wildman–Crippen MR) is 67.6 cm³/mol. The maximum Gasteiger partial charge on any atom is 0.105 e. The molecule has 0 spiro atoms. The van der Waals surface area contributed by atoms with Crippen molar-refractivity contribution < 1.29 is 0 Å². The molecule has 0 radical (unpaired) electrons. The Morgan fingerprint density at radius 2 is 2.20 bits per heavy atom. The first kappa shape index (κ1) is 10.7. The Morgan fingerprint density at radius 3 is 2.87 bits per heavy atom. The molecule has 3 heteroatoms. The lowest BCUT2D eigenvalue weighted by Gasteiger charge is -2.29. The second-order valence-corrected chi connectivity index (χ2v) is 4.58. The first-order valence-electron chi connectivity index (χ1n) is 5.35. The number of rotatable bonds is 2. The number of halogens is 1. The summed E-state index contributed by atoms with van der Waals surface area (Å²) >= 11 is 3.50. The van der Waals surface area contributed by atoms with E-state index in [1.807, 2.05) is 0 Å².